The molecule has 0 spiro atoms. The summed E-state index contributed by atoms with van der Waals surface area (Å²) in [7, 11) is 0. The first-order valence-corrected chi connectivity index (χ1v) is 9.24. The molecule has 132 valence electrons. The highest BCUT2D eigenvalue weighted by Gasteiger charge is 2.27. The molecule has 1 aliphatic heterocycles. The lowest BCUT2D eigenvalue weighted by atomic mass is 10.0. The van der Waals surface area contributed by atoms with Crippen molar-refractivity contribution in [2.75, 3.05) is 0 Å². The van der Waals surface area contributed by atoms with Crippen molar-refractivity contribution in [3.63, 3.8) is 0 Å². The SMILES string of the molecule is CCCc1cc2c(s1)-n1c(C)nnc1CN=C2c1ccccc1[N+](=O)[O-]. The summed E-state index contributed by atoms with van der Waals surface area (Å²) in [6.07, 6.45) is 1.99. The van der Waals surface area contributed by atoms with Gasteiger partial charge in [0.05, 0.1) is 16.2 Å². The number of para-hydroxylation sites is 1. The number of rotatable bonds is 4. The van der Waals surface area contributed by atoms with Crippen LogP contribution >= 0.6 is 11.3 Å². The Hall–Kier alpha value is -2.87. The average molecular weight is 367 g/mol. The molecule has 7 nitrogen and oxygen atoms in total. The molecule has 0 unspecified atom stereocenters. The van der Waals surface area contributed by atoms with Crippen molar-refractivity contribution >= 4 is 22.7 Å². The lowest BCUT2D eigenvalue weighted by molar-refractivity contribution is -0.385. The fraction of sp³-hybridized carbons (Fsp3) is 0.278. The van der Waals surface area contributed by atoms with Crippen LogP contribution in [0.15, 0.2) is 35.3 Å². The molecule has 0 amide bonds. The van der Waals surface area contributed by atoms with Crippen molar-refractivity contribution in [2.45, 2.75) is 33.2 Å². The Morgan fingerprint density at radius 1 is 1.27 bits per heavy atom. The van der Waals surface area contributed by atoms with E-state index in [0.717, 1.165) is 35.1 Å². The molecule has 1 aromatic carbocycles. The van der Waals surface area contributed by atoms with E-state index in [1.165, 1.54) is 10.9 Å². The second-order valence-electron chi connectivity index (χ2n) is 6.12. The van der Waals surface area contributed by atoms with Crippen LogP contribution in [0.5, 0.6) is 0 Å². The largest absolute Gasteiger partial charge is 0.278 e. The summed E-state index contributed by atoms with van der Waals surface area (Å²) in [5, 5.41) is 20.9. The summed E-state index contributed by atoms with van der Waals surface area (Å²) >= 11 is 1.68. The molecular weight excluding hydrogens is 350 g/mol. The van der Waals surface area contributed by atoms with Gasteiger partial charge in [0.25, 0.3) is 5.69 Å². The van der Waals surface area contributed by atoms with Crippen molar-refractivity contribution in [3.05, 3.63) is 68.1 Å². The molecule has 0 radical (unpaired) electrons. The topological polar surface area (TPSA) is 86.2 Å². The Morgan fingerprint density at radius 3 is 2.85 bits per heavy atom. The normalized spacial score (nSPS) is 12.9. The number of fused-ring (bicyclic) bond motifs is 3. The number of thiophene rings is 1. The third-order valence-corrected chi connectivity index (χ3v) is 5.52. The number of benzene rings is 1. The summed E-state index contributed by atoms with van der Waals surface area (Å²) in [4.78, 5) is 17.1. The minimum atomic E-state index is -0.354. The summed E-state index contributed by atoms with van der Waals surface area (Å²) in [5.74, 6) is 1.55. The molecule has 0 aliphatic carbocycles. The standard InChI is InChI=1S/C18H17N5O2S/c1-3-6-12-9-14-17(13-7-4-5-8-15(13)23(24)25)19-10-16-21-20-11(2)22(16)18(14)26-12/h4-5,7-9H,3,6,10H2,1-2H3. The Balaban J connectivity index is 1.96. The number of aromatic nitrogens is 3. The van der Waals surface area contributed by atoms with E-state index in [1.807, 2.05) is 11.5 Å². The second-order valence-corrected chi connectivity index (χ2v) is 7.23. The van der Waals surface area contributed by atoms with E-state index in [0.29, 0.717) is 17.8 Å². The van der Waals surface area contributed by atoms with E-state index in [1.54, 1.807) is 29.5 Å². The number of hydrogen-bond acceptors (Lipinski definition) is 6. The van der Waals surface area contributed by atoms with Gasteiger partial charge in [-0.3, -0.25) is 19.7 Å². The second kappa shape index (κ2) is 6.45. The number of nitro groups is 1. The van der Waals surface area contributed by atoms with E-state index in [2.05, 4.69) is 23.2 Å². The van der Waals surface area contributed by atoms with E-state index >= 15 is 0 Å². The van der Waals surface area contributed by atoms with E-state index in [4.69, 9.17) is 4.99 Å². The molecule has 3 heterocycles. The maximum Gasteiger partial charge on any atom is 0.278 e. The molecule has 8 heteroatoms. The summed E-state index contributed by atoms with van der Waals surface area (Å²) in [5.41, 5.74) is 2.16. The van der Waals surface area contributed by atoms with Crippen LogP contribution in [0.3, 0.4) is 0 Å². The first-order chi connectivity index (χ1) is 12.6. The van der Waals surface area contributed by atoms with Gasteiger partial charge in [-0.05, 0) is 25.5 Å². The maximum absolute atomic E-state index is 11.5. The molecule has 0 atom stereocenters. The van der Waals surface area contributed by atoms with Gasteiger partial charge in [-0.15, -0.1) is 21.5 Å². The lowest BCUT2D eigenvalue weighted by Gasteiger charge is -2.07. The van der Waals surface area contributed by atoms with Gasteiger partial charge in [-0.1, -0.05) is 25.5 Å². The number of aliphatic imine (C=N–C) groups is 1. The average Bonchev–Trinajstić information content (AvgIpc) is 3.15. The van der Waals surface area contributed by atoms with Crippen molar-refractivity contribution in [2.24, 2.45) is 4.99 Å². The summed E-state index contributed by atoms with van der Waals surface area (Å²) in [6, 6.07) is 8.87. The Labute approximate surface area is 154 Å². The van der Waals surface area contributed by atoms with E-state index in [-0.39, 0.29) is 10.6 Å². The van der Waals surface area contributed by atoms with Crippen LogP contribution in [0.1, 0.15) is 41.0 Å². The monoisotopic (exact) mass is 367 g/mol. The zero-order valence-corrected chi connectivity index (χ0v) is 15.3. The molecule has 3 aromatic rings. The molecule has 0 bridgehead atoms. The highest BCUT2D eigenvalue weighted by atomic mass is 32.1. The number of nitro benzene ring substituents is 1. The Kier molecular flexibility index (Phi) is 4.12. The predicted molar refractivity (Wildman–Crippen MR) is 100 cm³/mol. The van der Waals surface area contributed by atoms with Crippen molar-refractivity contribution < 1.29 is 4.92 Å². The fourth-order valence-electron chi connectivity index (χ4n) is 3.21. The fourth-order valence-corrected chi connectivity index (χ4v) is 4.53. The van der Waals surface area contributed by atoms with E-state index in [9.17, 15) is 10.1 Å². The van der Waals surface area contributed by atoms with Gasteiger partial charge in [0.15, 0.2) is 5.82 Å². The van der Waals surface area contributed by atoms with E-state index < -0.39 is 0 Å². The zero-order chi connectivity index (χ0) is 18.3. The van der Waals surface area contributed by atoms with Gasteiger partial charge in [0.2, 0.25) is 0 Å². The summed E-state index contributed by atoms with van der Waals surface area (Å²) in [6.45, 7) is 4.39. The minimum absolute atomic E-state index is 0.0647. The molecule has 0 fully saturated rings. The number of aryl methyl sites for hydroxylation is 2. The molecule has 4 rings (SSSR count). The van der Waals surface area contributed by atoms with Crippen LogP contribution in [0.2, 0.25) is 0 Å². The lowest BCUT2D eigenvalue weighted by Crippen LogP contribution is -2.08. The third-order valence-electron chi connectivity index (χ3n) is 4.34. The van der Waals surface area contributed by atoms with Crippen LogP contribution in [-0.4, -0.2) is 25.4 Å². The zero-order valence-electron chi connectivity index (χ0n) is 14.5. The van der Waals surface area contributed by atoms with Crippen LogP contribution in [-0.2, 0) is 13.0 Å². The van der Waals surface area contributed by atoms with Gasteiger partial charge in [0.1, 0.15) is 17.4 Å². The molecular formula is C18H17N5O2S. The number of nitrogens with zero attached hydrogens (tertiary/aromatic N) is 5. The first-order valence-electron chi connectivity index (χ1n) is 8.42. The highest BCUT2D eigenvalue weighted by Crippen LogP contribution is 2.35. The highest BCUT2D eigenvalue weighted by molar-refractivity contribution is 7.15. The maximum atomic E-state index is 11.5. The minimum Gasteiger partial charge on any atom is -0.276 e. The van der Waals surface area contributed by atoms with Crippen LogP contribution in [0, 0.1) is 17.0 Å². The Morgan fingerprint density at radius 2 is 2.08 bits per heavy atom. The molecule has 0 saturated carbocycles. The quantitative estimate of drug-likeness (QED) is 0.518. The molecule has 1 aliphatic rings. The van der Waals surface area contributed by atoms with Gasteiger partial charge in [-0.2, -0.15) is 0 Å². The van der Waals surface area contributed by atoms with Gasteiger partial charge < -0.3 is 0 Å². The smallest absolute Gasteiger partial charge is 0.276 e. The van der Waals surface area contributed by atoms with Gasteiger partial charge >= 0.3 is 0 Å². The van der Waals surface area contributed by atoms with Crippen molar-refractivity contribution in [1.82, 2.24) is 14.8 Å². The van der Waals surface area contributed by atoms with Crippen LogP contribution < -0.4 is 0 Å². The Bertz CT molecular complexity index is 1030. The van der Waals surface area contributed by atoms with Gasteiger partial charge in [-0.25, -0.2) is 0 Å². The predicted octanol–water partition coefficient (Wildman–Crippen LogP) is 3.85. The van der Waals surface area contributed by atoms with Crippen LogP contribution in [0.4, 0.5) is 5.69 Å². The number of hydrogen-bond donors (Lipinski definition) is 0. The molecule has 26 heavy (non-hydrogen) atoms. The van der Waals surface area contributed by atoms with Gasteiger partial charge in [0, 0.05) is 16.5 Å². The van der Waals surface area contributed by atoms with Crippen molar-refractivity contribution in [1.29, 1.82) is 0 Å². The third kappa shape index (κ3) is 2.62. The molecule has 2 aromatic heterocycles. The summed E-state index contributed by atoms with van der Waals surface area (Å²) < 4.78 is 2.02. The molecule has 0 saturated heterocycles. The van der Waals surface area contributed by atoms with Crippen molar-refractivity contribution in [3.8, 4) is 5.00 Å². The first kappa shape index (κ1) is 16.6. The van der Waals surface area contributed by atoms with Crippen LogP contribution in [0.25, 0.3) is 5.00 Å². The molecule has 0 N–H and O–H groups in total.